The molecule has 0 aromatic rings. The van der Waals surface area contributed by atoms with Crippen LogP contribution in [0.2, 0.25) is 0 Å². The lowest BCUT2D eigenvalue weighted by molar-refractivity contribution is 0.0697. The minimum absolute atomic E-state index is 0.731. The van der Waals surface area contributed by atoms with Gasteiger partial charge in [0.05, 0.1) is 19.3 Å². The van der Waals surface area contributed by atoms with E-state index in [0.29, 0.717) is 0 Å². The molecule has 3 nitrogen and oxygen atoms in total. The van der Waals surface area contributed by atoms with Crippen LogP contribution in [-0.2, 0) is 9.47 Å². The summed E-state index contributed by atoms with van der Waals surface area (Å²) in [5, 5.41) is 0. The summed E-state index contributed by atoms with van der Waals surface area (Å²) in [5.74, 6) is 0. The summed E-state index contributed by atoms with van der Waals surface area (Å²) in [6, 6.07) is 1.30. The predicted molar refractivity (Wildman–Crippen MR) is 26.7 cm³/mol. The highest BCUT2D eigenvalue weighted by Crippen LogP contribution is 2.21. The second kappa shape index (κ2) is 1.69. The number of nitrogens with zero attached hydrogens (tertiary/aromatic N) is 1. The van der Waals surface area contributed by atoms with Crippen LogP contribution in [0.1, 0.15) is 0 Å². The number of hydrogen-bond acceptors (Lipinski definition) is 3. The fraction of sp³-hybridized carbons (Fsp3) is 0.800. The molecule has 0 unspecified atom stereocenters. The molecule has 0 N–H and O–H groups in total. The van der Waals surface area contributed by atoms with Crippen molar-refractivity contribution in [2.75, 3.05) is 26.7 Å². The lowest BCUT2D eigenvalue weighted by Gasteiger charge is -2.04. The molecule has 2 aliphatic rings. The third-order valence-corrected chi connectivity index (χ3v) is 1.48. The van der Waals surface area contributed by atoms with E-state index in [1.54, 1.807) is 0 Å². The molecule has 2 rings (SSSR count). The summed E-state index contributed by atoms with van der Waals surface area (Å²) in [7, 11) is 0. The number of rotatable bonds is 0. The van der Waals surface area contributed by atoms with E-state index >= 15 is 0 Å². The SMILES string of the molecule is C1OCN2COC[C]12. The van der Waals surface area contributed by atoms with Crippen LogP contribution in [0.5, 0.6) is 0 Å². The van der Waals surface area contributed by atoms with Gasteiger partial charge in [0.15, 0.2) is 0 Å². The third-order valence-electron chi connectivity index (χ3n) is 1.48. The van der Waals surface area contributed by atoms with E-state index in [1.165, 1.54) is 6.04 Å². The second-order valence-corrected chi connectivity index (χ2v) is 2.06. The van der Waals surface area contributed by atoms with Gasteiger partial charge in [0.1, 0.15) is 13.5 Å². The average Bonchev–Trinajstić information content (AvgIpc) is 2.15. The van der Waals surface area contributed by atoms with Crippen LogP contribution in [0.3, 0.4) is 0 Å². The lowest BCUT2D eigenvalue weighted by Crippen LogP contribution is -2.17. The zero-order valence-corrected chi connectivity index (χ0v) is 4.59. The van der Waals surface area contributed by atoms with Crippen molar-refractivity contribution in [2.45, 2.75) is 0 Å². The molecule has 0 amide bonds. The Labute approximate surface area is 48.2 Å². The monoisotopic (exact) mass is 114 g/mol. The minimum Gasteiger partial charge on any atom is -0.364 e. The number of ether oxygens (including phenoxy) is 2. The van der Waals surface area contributed by atoms with Gasteiger partial charge in [-0.15, -0.1) is 0 Å². The van der Waals surface area contributed by atoms with E-state index in [4.69, 9.17) is 9.47 Å². The first-order valence-corrected chi connectivity index (χ1v) is 2.72. The molecule has 3 heteroatoms. The van der Waals surface area contributed by atoms with Crippen molar-refractivity contribution in [3.05, 3.63) is 6.04 Å². The van der Waals surface area contributed by atoms with Crippen molar-refractivity contribution < 1.29 is 9.47 Å². The predicted octanol–water partition coefficient (Wildman–Crippen LogP) is -0.204. The van der Waals surface area contributed by atoms with Crippen LogP contribution < -0.4 is 0 Å². The van der Waals surface area contributed by atoms with Gasteiger partial charge in [-0.2, -0.15) is 0 Å². The van der Waals surface area contributed by atoms with Crippen molar-refractivity contribution in [2.24, 2.45) is 0 Å². The molecule has 2 aliphatic heterocycles. The zero-order valence-electron chi connectivity index (χ0n) is 4.59. The van der Waals surface area contributed by atoms with E-state index in [0.717, 1.165) is 26.7 Å². The molecule has 2 heterocycles. The fourth-order valence-corrected chi connectivity index (χ4v) is 0.991. The molecule has 0 bridgehead atoms. The average molecular weight is 114 g/mol. The molecular weight excluding hydrogens is 106 g/mol. The van der Waals surface area contributed by atoms with E-state index in [-0.39, 0.29) is 0 Å². The summed E-state index contributed by atoms with van der Waals surface area (Å²) >= 11 is 0. The van der Waals surface area contributed by atoms with Crippen molar-refractivity contribution in [1.29, 1.82) is 0 Å². The Hall–Kier alpha value is -0.120. The van der Waals surface area contributed by atoms with Crippen LogP contribution in [0.25, 0.3) is 0 Å². The van der Waals surface area contributed by atoms with E-state index in [2.05, 4.69) is 4.90 Å². The van der Waals surface area contributed by atoms with Crippen LogP contribution in [0.4, 0.5) is 0 Å². The van der Waals surface area contributed by atoms with E-state index in [9.17, 15) is 0 Å². The maximum absolute atomic E-state index is 5.12. The Bertz CT molecular complexity index is 76.4. The van der Waals surface area contributed by atoms with Gasteiger partial charge in [-0.05, 0) is 0 Å². The fourth-order valence-electron chi connectivity index (χ4n) is 0.991. The van der Waals surface area contributed by atoms with Crippen molar-refractivity contribution in [3.8, 4) is 0 Å². The molecule has 0 spiro atoms. The summed E-state index contributed by atoms with van der Waals surface area (Å²) in [6.45, 7) is 3.02. The molecule has 1 radical (unpaired) electrons. The third kappa shape index (κ3) is 0.555. The Morgan fingerprint density at radius 2 is 1.75 bits per heavy atom. The molecule has 2 fully saturated rings. The maximum Gasteiger partial charge on any atom is 0.102 e. The molecule has 0 aromatic heterocycles. The first kappa shape index (κ1) is 4.73. The van der Waals surface area contributed by atoms with Crippen molar-refractivity contribution in [1.82, 2.24) is 4.90 Å². The van der Waals surface area contributed by atoms with Gasteiger partial charge in [-0.3, -0.25) is 0 Å². The topological polar surface area (TPSA) is 21.7 Å². The first-order valence-electron chi connectivity index (χ1n) is 2.72. The first-order chi connectivity index (χ1) is 3.97. The Morgan fingerprint density at radius 3 is 2.25 bits per heavy atom. The summed E-state index contributed by atoms with van der Waals surface area (Å²) in [5.41, 5.74) is 0. The quantitative estimate of drug-likeness (QED) is 0.435. The molecule has 0 aliphatic carbocycles. The minimum atomic E-state index is 0.731. The Balaban J connectivity index is 2.04. The van der Waals surface area contributed by atoms with Gasteiger partial charge in [0.2, 0.25) is 0 Å². The largest absolute Gasteiger partial charge is 0.364 e. The smallest absolute Gasteiger partial charge is 0.102 e. The highest BCUT2D eigenvalue weighted by Gasteiger charge is 2.31. The number of hydrogen-bond donors (Lipinski definition) is 0. The maximum atomic E-state index is 5.12. The Kier molecular flexibility index (Phi) is 0.997. The van der Waals surface area contributed by atoms with Gasteiger partial charge in [-0.25, -0.2) is 4.90 Å². The van der Waals surface area contributed by atoms with Gasteiger partial charge in [-0.1, -0.05) is 0 Å². The zero-order chi connectivity index (χ0) is 5.40. The lowest BCUT2D eigenvalue weighted by atomic mass is 10.3. The van der Waals surface area contributed by atoms with Crippen molar-refractivity contribution >= 4 is 0 Å². The summed E-state index contributed by atoms with van der Waals surface area (Å²) in [6.07, 6.45) is 0. The van der Waals surface area contributed by atoms with Gasteiger partial charge < -0.3 is 9.47 Å². The molecule has 8 heavy (non-hydrogen) atoms. The highest BCUT2D eigenvalue weighted by atomic mass is 16.5. The molecule has 45 valence electrons. The summed E-state index contributed by atoms with van der Waals surface area (Å²) < 4.78 is 10.2. The standard InChI is InChI=1S/C5H8NO2/c1-5-2-8-4-6(5)3-7-1/h1-4H2. The summed E-state index contributed by atoms with van der Waals surface area (Å²) in [4.78, 5) is 2.11. The van der Waals surface area contributed by atoms with Gasteiger partial charge in [0, 0.05) is 0 Å². The highest BCUT2D eigenvalue weighted by molar-refractivity contribution is 4.94. The van der Waals surface area contributed by atoms with Crippen LogP contribution in [-0.4, -0.2) is 31.6 Å². The Morgan fingerprint density at radius 1 is 1.12 bits per heavy atom. The number of fused-ring (bicyclic) bond motifs is 1. The van der Waals surface area contributed by atoms with Crippen LogP contribution in [0, 0.1) is 6.04 Å². The van der Waals surface area contributed by atoms with E-state index < -0.39 is 0 Å². The normalized spacial score (nSPS) is 31.5. The van der Waals surface area contributed by atoms with Crippen LogP contribution >= 0.6 is 0 Å². The molecule has 2 saturated heterocycles. The second-order valence-electron chi connectivity index (χ2n) is 2.06. The molecular formula is C5H8NO2. The molecule has 0 aromatic carbocycles. The molecule has 0 atom stereocenters. The van der Waals surface area contributed by atoms with Gasteiger partial charge >= 0.3 is 0 Å². The van der Waals surface area contributed by atoms with E-state index in [1.807, 2.05) is 0 Å². The van der Waals surface area contributed by atoms with Crippen LogP contribution in [0.15, 0.2) is 0 Å². The van der Waals surface area contributed by atoms with Crippen molar-refractivity contribution in [3.63, 3.8) is 0 Å². The molecule has 0 saturated carbocycles. The van der Waals surface area contributed by atoms with Gasteiger partial charge in [0.25, 0.3) is 0 Å².